The van der Waals surface area contributed by atoms with Gasteiger partial charge in [0.1, 0.15) is 0 Å². The highest BCUT2D eigenvalue weighted by atomic mass is 32.2. The number of hydrogen-bond donors (Lipinski definition) is 2. The van der Waals surface area contributed by atoms with E-state index in [1.165, 1.54) is 25.0 Å². The smallest absolute Gasteiger partial charge is 0.206 e. The van der Waals surface area contributed by atoms with E-state index in [4.69, 9.17) is 5.73 Å². The molecule has 0 spiro atoms. The number of nitrogens with two attached hydrogens (primary N) is 1. The predicted molar refractivity (Wildman–Crippen MR) is 90.8 cm³/mol. The predicted octanol–water partition coefficient (Wildman–Crippen LogP) is 3.70. The zero-order chi connectivity index (χ0) is 16.0. The zero-order valence-corrected chi connectivity index (χ0v) is 13.6. The van der Waals surface area contributed by atoms with Gasteiger partial charge in [0.2, 0.25) is 9.84 Å². The van der Waals surface area contributed by atoms with Crippen LogP contribution >= 0.6 is 0 Å². The van der Waals surface area contributed by atoms with Crippen LogP contribution in [0.3, 0.4) is 0 Å². The van der Waals surface area contributed by atoms with Crippen molar-refractivity contribution in [1.29, 1.82) is 0 Å². The summed E-state index contributed by atoms with van der Waals surface area (Å²) < 4.78 is 25.0. The van der Waals surface area contributed by atoms with Crippen LogP contribution in [-0.4, -0.2) is 15.0 Å². The van der Waals surface area contributed by atoms with Crippen LogP contribution in [0.5, 0.6) is 0 Å². The van der Waals surface area contributed by atoms with E-state index >= 15 is 0 Å². The van der Waals surface area contributed by atoms with Gasteiger partial charge in [-0.15, -0.1) is 0 Å². The fourth-order valence-electron chi connectivity index (χ4n) is 2.14. The average Bonchev–Trinajstić information content (AvgIpc) is 2.52. The Morgan fingerprint density at radius 2 is 1.45 bits per heavy atom. The van der Waals surface area contributed by atoms with E-state index in [1.807, 2.05) is 0 Å². The molecule has 0 aliphatic heterocycles. The second kappa shape index (κ2) is 7.31. The van der Waals surface area contributed by atoms with E-state index in [1.54, 1.807) is 36.4 Å². The van der Waals surface area contributed by atoms with Crippen LogP contribution in [0.1, 0.15) is 26.2 Å². The highest BCUT2D eigenvalue weighted by Gasteiger charge is 2.17. The Hall–Kier alpha value is -2.01. The first-order chi connectivity index (χ1) is 10.5. The molecule has 0 fully saturated rings. The minimum Gasteiger partial charge on any atom is -0.399 e. The molecule has 22 heavy (non-hydrogen) atoms. The van der Waals surface area contributed by atoms with Gasteiger partial charge in [-0.1, -0.05) is 19.8 Å². The fourth-order valence-corrected chi connectivity index (χ4v) is 3.40. The van der Waals surface area contributed by atoms with Crippen molar-refractivity contribution in [3.8, 4) is 0 Å². The van der Waals surface area contributed by atoms with E-state index in [0.29, 0.717) is 5.69 Å². The van der Waals surface area contributed by atoms with Gasteiger partial charge in [0, 0.05) is 17.9 Å². The SMILES string of the molecule is CCCCCNc1ccc(S(=O)(=O)c2ccc(N)cc2)cc1. The number of sulfone groups is 1. The Balaban J connectivity index is 2.10. The summed E-state index contributed by atoms with van der Waals surface area (Å²) in [6.45, 7) is 3.06. The molecule has 5 heteroatoms. The molecule has 2 aromatic carbocycles. The van der Waals surface area contributed by atoms with Crippen LogP contribution < -0.4 is 11.1 Å². The molecule has 0 aromatic heterocycles. The first-order valence-corrected chi connectivity index (χ1v) is 8.97. The molecule has 0 bridgehead atoms. The Morgan fingerprint density at radius 3 is 2.00 bits per heavy atom. The summed E-state index contributed by atoms with van der Waals surface area (Å²) in [5.74, 6) is 0. The Bertz CT molecular complexity index is 692. The minimum atomic E-state index is -3.48. The third-order valence-electron chi connectivity index (χ3n) is 3.46. The quantitative estimate of drug-likeness (QED) is 0.603. The van der Waals surface area contributed by atoms with Crippen LogP contribution in [0, 0.1) is 0 Å². The summed E-state index contributed by atoms with van der Waals surface area (Å²) in [6.07, 6.45) is 3.49. The summed E-state index contributed by atoms with van der Waals surface area (Å²) in [5.41, 5.74) is 7.08. The van der Waals surface area contributed by atoms with Gasteiger partial charge in [-0.2, -0.15) is 0 Å². The first kappa shape index (κ1) is 16.4. The van der Waals surface area contributed by atoms with Crippen LogP contribution in [0.15, 0.2) is 58.3 Å². The summed E-state index contributed by atoms with van der Waals surface area (Å²) in [4.78, 5) is 0.543. The second-order valence-corrected chi connectivity index (χ2v) is 7.18. The lowest BCUT2D eigenvalue weighted by atomic mass is 10.2. The summed E-state index contributed by atoms with van der Waals surface area (Å²) in [7, 11) is -3.48. The van der Waals surface area contributed by atoms with Crippen molar-refractivity contribution in [3.05, 3.63) is 48.5 Å². The molecule has 0 unspecified atom stereocenters. The minimum absolute atomic E-state index is 0.255. The summed E-state index contributed by atoms with van der Waals surface area (Å²) in [6, 6.07) is 13.1. The van der Waals surface area contributed by atoms with Crippen molar-refractivity contribution < 1.29 is 8.42 Å². The third kappa shape index (κ3) is 4.01. The molecule has 0 saturated carbocycles. The number of anilines is 2. The zero-order valence-electron chi connectivity index (χ0n) is 12.7. The number of benzene rings is 2. The average molecular weight is 318 g/mol. The molecule has 0 amide bonds. The summed E-state index contributed by atoms with van der Waals surface area (Å²) in [5, 5.41) is 3.29. The molecule has 118 valence electrons. The normalized spacial score (nSPS) is 11.3. The molecule has 0 atom stereocenters. The van der Waals surface area contributed by atoms with Gasteiger partial charge >= 0.3 is 0 Å². The van der Waals surface area contributed by atoms with Crippen LogP contribution in [0.2, 0.25) is 0 Å². The van der Waals surface area contributed by atoms with E-state index in [2.05, 4.69) is 12.2 Å². The fraction of sp³-hybridized carbons (Fsp3) is 0.294. The molecule has 0 saturated heterocycles. The summed E-state index contributed by atoms with van der Waals surface area (Å²) >= 11 is 0. The molecule has 0 aliphatic carbocycles. The van der Waals surface area contributed by atoms with Crippen molar-refractivity contribution in [2.24, 2.45) is 0 Å². The lowest BCUT2D eigenvalue weighted by Gasteiger charge is -2.08. The number of hydrogen-bond acceptors (Lipinski definition) is 4. The van der Waals surface area contributed by atoms with Crippen molar-refractivity contribution in [2.75, 3.05) is 17.6 Å². The Kier molecular flexibility index (Phi) is 5.44. The number of rotatable bonds is 7. The van der Waals surface area contributed by atoms with Crippen LogP contribution in [0.4, 0.5) is 11.4 Å². The van der Waals surface area contributed by atoms with Gasteiger partial charge in [-0.3, -0.25) is 0 Å². The highest BCUT2D eigenvalue weighted by molar-refractivity contribution is 7.91. The highest BCUT2D eigenvalue weighted by Crippen LogP contribution is 2.23. The third-order valence-corrected chi connectivity index (χ3v) is 5.25. The van der Waals surface area contributed by atoms with Gasteiger partial charge in [0.15, 0.2) is 0 Å². The molecular formula is C17H22N2O2S. The lowest BCUT2D eigenvalue weighted by Crippen LogP contribution is -2.04. The van der Waals surface area contributed by atoms with E-state index < -0.39 is 9.84 Å². The monoisotopic (exact) mass is 318 g/mol. The van der Waals surface area contributed by atoms with Crippen LogP contribution in [-0.2, 0) is 9.84 Å². The number of nitrogen functional groups attached to an aromatic ring is 1. The molecule has 4 nitrogen and oxygen atoms in total. The van der Waals surface area contributed by atoms with E-state index in [0.717, 1.165) is 18.7 Å². The van der Waals surface area contributed by atoms with E-state index in [-0.39, 0.29) is 9.79 Å². The number of unbranched alkanes of at least 4 members (excludes halogenated alkanes) is 2. The topological polar surface area (TPSA) is 72.2 Å². The second-order valence-electron chi connectivity index (χ2n) is 5.23. The maximum atomic E-state index is 12.5. The maximum absolute atomic E-state index is 12.5. The molecule has 0 radical (unpaired) electrons. The van der Waals surface area contributed by atoms with Crippen molar-refractivity contribution in [2.45, 2.75) is 36.0 Å². The maximum Gasteiger partial charge on any atom is 0.206 e. The number of nitrogens with one attached hydrogen (secondary N) is 1. The van der Waals surface area contributed by atoms with E-state index in [9.17, 15) is 8.42 Å². The molecule has 0 aliphatic rings. The van der Waals surface area contributed by atoms with Gasteiger partial charge in [-0.05, 0) is 55.0 Å². The van der Waals surface area contributed by atoms with Gasteiger partial charge in [-0.25, -0.2) is 8.42 Å². The standard InChI is InChI=1S/C17H22N2O2S/c1-2-3-4-13-19-15-7-11-17(12-8-15)22(20,21)16-9-5-14(18)6-10-16/h5-12,19H,2-4,13,18H2,1H3. The van der Waals surface area contributed by atoms with Crippen molar-refractivity contribution >= 4 is 21.2 Å². The molecule has 3 N–H and O–H groups in total. The Morgan fingerprint density at radius 1 is 0.909 bits per heavy atom. The molecular weight excluding hydrogens is 296 g/mol. The largest absolute Gasteiger partial charge is 0.399 e. The Labute approximate surface area is 132 Å². The van der Waals surface area contributed by atoms with Gasteiger partial charge in [0.05, 0.1) is 9.79 Å². The first-order valence-electron chi connectivity index (χ1n) is 7.48. The van der Waals surface area contributed by atoms with Crippen molar-refractivity contribution in [3.63, 3.8) is 0 Å². The molecule has 2 aromatic rings. The molecule has 0 heterocycles. The lowest BCUT2D eigenvalue weighted by molar-refractivity contribution is 0.596. The van der Waals surface area contributed by atoms with Crippen LogP contribution in [0.25, 0.3) is 0 Å². The van der Waals surface area contributed by atoms with Gasteiger partial charge in [0.25, 0.3) is 0 Å². The molecule has 2 rings (SSSR count). The van der Waals surface area contributed by atoms with Crippen molar-refractivity contribution in [1.82, 2.24) is 0 Å². The van der Waals surface area contributed by atoms with Gasteiger partial charge < -0.3 is 11.1 Å².